The molecule has 6 N–H and O–H groups in total. The molecule has 3 rings (SSSR count). The number of nitrogens with one attached hydrogen (secondary N) is 3. The Morgan fingerprint density at radius 3 is 2.20 bits per heavy atom. The minimum absolute atomic E-state index is 0.0710. The Balaban J connectivity index is 1.95. The van der Waals surface area contributed by atoms with Gasteiger partial charge in [0.1, 0.15) is 18.2 Å². The van der Waals surface area contributed by atoms with E-state index in [2.05, 4.69) is 15.4 Å². The number of para-hydroxylation sites is 1. The smallest absolute Gasteiger partial charge is 0.407 e. The minimum atomic E-state index is -2.03. The summed E-state index contributed by atoms with van der Waals surface area (Å²) < 4.78 is 22.0. The first-order chi connectivity index (χ1) is 23.2. The number of H-pyrrole nitrogens is 1. The van der Waals surface area contributed by atoms with E-state index >= 15 is 0 Å². The number of nitrogens with zero attached hydrogens (tertiary/aromatic N) is 2. The fourth-order valence-electron chi connectivity index (χ4n) is 5.29. The number of aliphatic hydroxyl groups is 2. The monoisotopic (exact) mass is 693 g/mol. The highest BCUT2D eigenvalue weighted by Gasteiger charge is 2.56. The zero-order valence-corrected chi connectivity index (χ0v) is 27.0. The summed E-state index contributed by atoms with van der Waals surface area (Å²) in [7, 11) is 1.09. The fraction of sp³-hybridized carbons (Fsp3) is 0.500. The molecule has 2 amide bonds. The number of amides is 2. The number of aromatic amines is 1. The number of aliphatic carboxylic acids is 1. The summed E-state index contributed by atoms with van der Waals surface area (Å²) in [4.78, 5) is 89.2. The number of hydrogen-bond donors (Lipinski definition) is 6. The van der Waals surface area contributed by atoms with Gasteiger partial charge in [0.25, 0.3) is 5.56 Å². The molecule has 1 aliphatic rings. The molecule has 268 valence electrons. The maximum atomic E-state index is 12.9. The molecule has 19 nitrogen and oxygen atoms in total. The van der Waals surface area contributed by atoms with Crippen molar-refractivity contribution >= 4 is 35.6 Å². The van der Waals surface area contributed by atoms with Crippen LogP contribution in [0.5, 0.6) is 0 Å². The Bertz CT molecular complexity index is 1590. The standard InChI is InChI=1S/C30H39N5O14/c1-15(36)20(33-30(45)46-4)26(41)31-12-8-13-34(18-9-6-5-7-10-18)21(28(42)43)22(40)23-24(47-16(2)37)25(48-17(3)38)27(49-23)35-14-11-19(39)32-29(35)44/h5-7,9-11,14-15,20-25,27,36,40H,8,12-13H2,1-4H3,(H,31,41)(H,33,45)(H,42,43)(H,32,39,44)/t15-,20-,21?,22+,23+,24+,25+,27+/m0/s1. The van der Waals surface area contributed by atoms with Gasteiger partial charge in [-0.1, -0.05) is 18.2 Å². The van der Waals surface area contributed by atoms with Crippen molar-refractivity contribution in [3.05, 3.63) is 63.4 Å². The van der Waals surface area contributed by atoms with Crippen molar-refractivity contribution in [2.45, 2.75) is 76.0 Å². The van der Waals surface area contributed by atoms with E-state index in [1.54, 1.807) is 30.3 Å². The highest BCUT2D eigenvalue weighted by atomic mass is 16.6. The number of carbonyl (C=O) groups is 5. The van der Waals surface area contributed by atoms with Crippen molar-refractivity contribution in [1.82, 2.24) is 20.2 Å². The lowest BCUT2D eigenvalue weighted by Crippen LogP contribution is -2.57. The Kier molecular flexibility index (Phi) is 13.4. The number of benzene rings is 1. The van der Waals surface area contributed by atoms with Crippen LogP contribution in [0.25, 0.3) is 0 Å². The number of alkyl carbamates (subject to hydrolysis) is 1. The predicted molar refractivity (Wildman–Crippen MR) is 166 cm³/mol. The van der Waals surface area contributed by atoms with Gasteiger partial charge < -0.3 is 49.8 Å². The van der Waals surface area contributed by atoms with E-state index in [0.717, 1.165) is 37.8 Å². The van der Waals surface area contributed by atoms with Gasteiger partial charge in [-0.25, -0.2) is 14.4 Å². The molecule has 1 aromatic heterocycles. The number of anilines is 1. The van der Waals surface area contributed by atoms with Crippen LogP contribution in [0.2, 0.25) is 0 Å². The highest BCUT2D eigenvalue weighted by molar-refractivity contribution is 5.86. The van der Waals surface area contributed by atoms with Gasteiger partial charge in [-0.15, -0.1) is 0 Å². The van der Waals surface area contributed by atoms with Gasteiger partial charge in [0.05, 0.1) is 13.2 Å². The number of esters is 2. The van der Waals surface area contributed by atoms with Gasteiger partial charge in [-0.3, -0.25) is 28.7 Å². The topological polar surface area (TPSA) is 265 Å². The number of rotatable bonds is 15. The van der Waals surface area contributed by atoms with Gasteiger partial charge in [0.15, 0.2) is 24.5 Å². The van der Waals surface area contributed by atoms with Crippen LogP contribution in [0.3, 0.4) is 0 Å². The number of methoxy groups -OCH3 is 1. The molecule has 8 atom stereocenters. The predicted octanol–water partition coefficient (Wildman–Crippen LogP) is -1.77. The number of ether oxygens (including phenoxy) is 4. The van der Waals surface area contributed by atoms with Crippen molar-refractivity contribution in [3.8, 4) is 0 Å². The van der Waals surface area contributed by atoms with Crippen LogP contribution in [0.1, 0.15) is 33.4 Å². The molecule has 0 bridgehead atoms. The van der Waals surface area contributed by atoms with Crippen LogP contribution in [0.4, 0.5) is 10.5 Å². The second-order valence-electron chi connectivity index (χ2n) is 11.0. The SMILES string of the molecule is COC(=O)N[C@H](C(=O)NCCCN(c1ccccc1)C(C(=O)O)[C@@H](O)[C@H]1O[C@@H](n2ccc(=O)[nH]c2=O)[C@H](OC(C)=O)[C@@H]1OC(C)=O)[C@H](C)O. The zero-order chi connectivity index (χ0) is 36.4. The summed E-state index contributed by atoms with van der Waals surface area (Å²) in [6, 6.07) is 5.84. The molecular formula is C30H39N5O14. The van der Waals surface area contributed by atoms with Crippen molar-refractivity contribution in [2.75, 3.05) is 25.1 Å². The van der Waals surface area contributed by atoms with Crippen LogP contribution in [0.15, 0.2) is 52.2 Å². The molecule has 1 fully saturated rings. The molecular weight excluding hydrogens is 654 g/mol. The maximum Gasteiger partial charge on any atom is 0.407 e. The molecule has 1 saturated heterocycles. The summed E-state index contributed by atoms with van der Waals surface area (Å²) in [5.41, 5.74) is -1.42. The molecule has 0 spiro atoms. The molecule has 1 unspecified atom stereocenters. The third kappa shape index (κ3) is 9.87. The second-order valence-corrected chi connectivity index (χ2v) is 11.0. The zero-order valence-electron chi connectivity index (χ0n) is 27.0. The molecule has 2 aromatic rings. The van der Waals surface area contributed by atoms with Crippen LogP contribution >= 0.6 is 0 Å². The number of hydrogen-bond acceptors (Lipinski definition) is 14. The Morgan fingerprint density at radius 1 is 1.02 bits per heavy atom. The van der Waals surface area contributed by atoms with Gasteiger partial charge in [0, 0.05) is 44.9 Å². The summed E-state index contributed by atoms with van der Waals surface area (Å²) in [5, 5.41) is 36.9. The third-order valence-corrected chi connectivity index (χ3v) is 7.39. The van der Waals surface area contributed by atoms with Crippen molar-refractivity contribution in [3.63, 3.8) is 0 Å². The largest absolute Gasteiger partial charge is 0.480 e. The van der Waals surface area contributed by atoms with E-state index < -0.39 is 90.0 Å². The van der Waals surface area contributed by atoms with Crippen molar-refractivity contribution < 1.29 is 58.2 Å². The number of aromatic nitrogens is 2. The molecule has 0 radical (unpaired) electrons. The molecule has 19 heteroatoms. The average molecular weight is 694 g/mol. The van der Waals surface area contributed by atoms with E-state index in [0.29, 0.717) is 5.69 Å². The quantitative estimate of drug-likeness (QED) is 0.0685. The Labute approximate surface area is 278 Å². The van der Waals surface area contributed by atoms with Gasteiger partial charge in [-0.2, -0.15) is 0 Å². The molecule has 0 saturated carbocycles. The fourth-order valence-corrected chi connectivity index (χ4v) is 5.29. The molecule has 1 aliphatic heterocycles. The number of carboxylic acids is 1. The van der Waals surface area contributed by atoms with Crippen LogP contribution in [0, 0.1) is 0 Å². The van der Waals surface area contributed by atoms with E-state index in [-0.39, 0.29) is 19.5 Å². The first-order valence-electron chi connectivity index (χ1n) is 15.0. The van der Waals surface area contributed by atoms with Crippen LogP contribution in [-0.2, 0) is 38.1 Å². The number of carboxylic acid groups (broad SMARTS) is 1. The summed E-state index contributed by atoms with van der Waals surface area (Å²) in [6.45, 7) is 3.16. The lowest BCUT2D eigenvalue weighted by molar-refractivity contribution is -0.167. The van der Waals surface area contributed by atoms with Crippen molar-refractivity contribution in [1.29, 1.82) is 0 Å². The van der Waals surface area contributed by atoms with E-state index in [1.807, 2.05) is 4.98 Å². The lowest BCUT2D eigenvalue weighted by atomic mass is 9.97. The third-order valence-electron chi connectivity index (χ3n) is 7.39. The van der Waals surface area contributed by atoms with E-state index in [9.17, 15) is 48.9 Å². The highest BCUT2D eigenvalue weighted by Crippen LogP contribution is 2.36. The maximum absolute atomic E-state index is 12.9. The summed E-state index contributed by atoms with van der Waals surface area (Å²) in [5.74, 6) is -4.08. The minimum Gasteiger partial charge on any atom is -0.480 e. The molecule has 1 aromatic carbocycles. The molecule has 2 heterocycles. The Morgan fingerprint density at radius 2 is 1.65 bits per heavy atom. The van der Waals surface area contributed by atoms with Crippen molar-refractivity contribution in [2.24, 2.45) is 0 Å². The van der Waals surface area contributed by atoms with Gasteiger partial charge in [0.2, 0.25) is 5.91 Å². The summed E-state index contributed by atoms with van der Waals surface area (Å²) in [6.07, 6.45) is -9.63. The first-order valence-corrected chi connectivity index (χ1v) is 15.0. The normalized spacial score (nSPS) is 20.9. The van der Waals surface area contributed by atoms with Crippen LogP contribution in [-0.4, -0.2) is 118 Å². The average Bonchev–Trinajstić information content (AvgIpc) is 3.36. The second kappa shape index (κ2) is 17.2. The van der Waals surface area contributed by atoms with E-state index in [4.69, 9.17) is 14.2 Å². The number of aliphatic hydroxyl groups excluding tert-OH is 2. The first kappa shape index (κ1) is 38.2. The lowest BCUT2D eigenvalue weighted by Gasteiger charge is -2.37. The van der Waals surface area contributed by atoms with Gasteiger partial charge >= 0.3 is 29.7 Å². The summed E-state index contributed by atoms with van der Waals surface area (Å²) >= 11 is 0. The Hall–Kier alpha value is -5.27. The molecule has 0 aliphatic carbocycles. The molecule has 49 heavy (non-hydrogen) atoms. The van der Waals surface area contributed by atoms with Gasteiger partial charge in [-0.05, 0) is 25.5 Å². The van der Waals surface area contributed by atoms with Crippen LogP contribution < -0.4 is 26.8 Å². The number of carbonyl (C=O) groups excluding carboxylic acids is 4. The van der Waals surface area contributed by atoms with E-state index in [1.165, 1.54) is 11.8 Å².